The Kier molecular flexibility index (Phi) is 5.27. The molecule has 3 atom stereocenters. The van der Waals surface area contributed by atoms with Crippen molar-refractivity contribution in [3.63, 3.8) is 0 Å². The predicted octanol–water partition coefficient (Wildman–Crippen LogP) is 2.31. The summed E-state index contributed by atoms with van der Waals surface area (Å²) in [6.07, 6.45) is 8.18. The zero-order chi connectivity index (χ0) is 13.9. The summed E-state index contributed by atoms with van der Waals surface area (Å²) in [5.41, 5.74) is 6.46. The van der Waals surface area contributed by atoms with Crippen LogP contribution in [-0.2, 0) is 0 Å². The summed E-state index contributed by atoms with van der Waals surface area (Å²) in [5, 5.41) is 0. The number of likely N-dealkylation sites (N-methyl/N-ethyl adjacent to an activating group) is 1. The lowest BCUT2D eigenvalue weighted by Crippen LogP contribution is -2.55. The molecule has 2 rings (SSSR count). The molecule has 0 bridgehead atoms. The highest BCUT2D eigenvalue weighted by Gasteiger charge is 2.44. The third kappa shape index (κ3) is 3.32. The van der Waals surface area contributed by atoms with Crippen LogP contribution in [0.5, 0.6) is 0 Å². The Hall–Kier alpha value is -0.120. The lowest BCUT2D eigenvalue weighted by atomic mass is 9.93. The van der Waals surface area contributed by atoms with Crippen LogP contribution in [-0.4, -0.2) is 54.6 Å². The van der Waals surface area contributed by atoms with Gasteiger partial charge in [-0.3, -0.25) is 4.90 Å². The van der Waals surface area contributed by atoms with Gasteiger partial charge in [-0.1, -0.05) is 19.8 Å². The molecular formula is C16H33N3. The Morgan fingerprint density at radius 3 is 2.63 bits per heavy atom. The summed E-state index contributed by atoms with van der Waals surface area (Å²) in [4.78, 5) is 5.23. The van der Waals surface area contributed by atoms with Gasteiger partial charge in [-0.25, -0.2) is 0 Å². The number of hydrogen-bond acceptors (Lipinski definition) is 3. The molecule has 2 N–H and O–H groups in total. The molecule has 2 heterocycles. The van der Waals surface area contributed by atoms with E-state index < -0.39 is 0 Å². The quantitative estimate of drug-likeness (QED) is 0.848. The summed E-state index contributed by atoms with van der Waals surface area (Å²) in [7, 11) is 2.25. The number of nitrogens with zero attached hydrogens (tertiary/aromatic N) is 2. The van der Waals surface area contributed by atoms with Crippen LogP contribution in [0.4, 0.5) is 0 Å². The molecule has 3 nitrogen and oxygen atoms in total. The lowest BCUT2D eigenvalue weighted by molar-refractivity contribution is 0.104. The Morgan fingerprint density at radius 1 is 1.26 bits per heavy atom. The van der Waals surface area contributed by atoms with Gasteiger partial charge in [0.05, 0.1) is 0 Å². The molecule has 0 saturated carbocycles. The summed E-state index contributed by atoms with van der Waals surface area (Å²) >= 11 is 0. The molecule has 0 aromatic rings. The molecule has 0 radical (unpaired) electrons. The highest BCUT2D eigenvalue weighted by atomic mass is 15.3. The summed E-state index contributed by atoms with van der Waals surface area (Å²) in [6.45, 7) is 9.16. The Balaban J connectivity index is 2.00. The van der Waals surface area contributed by atoms with Gasteiger partial charge in [0.1, 0.15) is 0 Å². The van der Waals surface area contributed by atoms with Gasteiger partial charge >= 0.3 is 0 Å². The molecule has 19 heavy (non-hydrogen) atoms. The van der Waals surface area contributed by atoms with E-state index in [0.717, 1.165) is 19.0 Å². The summed E-state index contributed by atoms with van der Waals surface area (Å²) in [5.74, 6) is 0.960. The molecule has 0 aromatic carbocycles. The molecule has 0 amide bonds. The fraction of sp³-hybridized carbons (Fsp3) is 1.00. The van der Waals surface area contributed by atoms with E-state index in [4.69, 9.17) is 5.73 Å². The van der Waals surface area contributed by atoms with E-state index in [2.05, 4.69) is 30.7 Å². The van der Waals surface area contributed by atoms with Crippen molar-refractivity contribution < 1.29 is 0 Å². The van der Waals surface area contributed by atoms with E-state index in [1.54, 1.807) is 0 Å². The van der Waals surface area contributed by atoms with Gasteiger partial charge in [-0.15, -0.1) is 0 Å². The van der Waals surface area contributed by atoms with Crippen LogP contribution in [0.25, 0.3) is 0 Å². The van der Waals surface area contributed by atoms with Crippen molar-refractivity contribution in [1.82, 2.24) is 9.80 Å². The SMILES string of the molecule is CCCC1CCCN(C2(CN)CC(C)N(C)C2)CC1. The van der Waals surface area contributed by atoms with E-state index in [9.17, 15) is 0 Å². The molecule has 2 aliphatic heterocycles. The van der Waals surface area contributed by atoms with Gasteiger partial charge in [-0.05, 0) is 58.7 Å². The third-order valence-electron chi connectivity index (χ3n) is 5.57. The number of rotatable bonds is 4. The maximum Gasteiger partial charge on any atom is 0.0473 e. The van der Waals surface area contributed by atoms with Gasteiger partial charge in [0.25, 0.3) is 0 Å². The van der Waals surface area contributed by atoms with Crippen molar-refractivity contribution in [3.05, 3.63) is 0 Å². The van der Waals surface area contributed by atoms with Crippen LogP contribution in [0.1, 0.15) is 52.4 Å². The summed E-state index contributed by atoms with van der Waals surface area (Å²) < 4.78 is 0. The van der Waals surface area contributed by atoms with Crippen molar-refractivity contribution in [1.29, 1.82) is 0 Å². The van der Waals surface area contributed by atoms with Crippen molar-refractivity contribution in [2.24, 2.45) is 11.7 Å². The first-order valence-corrected chi connectivity index (χ1v) is 8.26. The average molecular weight is 267 g/mol. The highest BCUT2D eigenvalue weighted by molar-refractivity contribution is 5.02. The zero-order valence-electron chi connectivity index (χ0n) is 13.2. The van der Waals surface area contributed by atoms with Gasteiger partial charge < -0.3 is 10.6 Å². The molecule has 3 unspecified atom stereocenters. The third-order valence-corrected chi connectivity index (χ3v) is 5.57. The highest BCUT2D eigenvalue weighted by Crippen LogP contribution is 2.33. The standard InChI is InChI=1S/C16H33N3/c1-4-6-15-7-5-9-19(10-8-15)16(12-17)11-14(2)18(3)13-16/h14-15H,4-13,17H2,1-3H3. The van der Waals surface area contributed by atoms with E-state index in [0.29, 0.717) is 6.04 Å². The molecule has 3 heteroatoms. The monoisotopic (exact) mass is 267 g/mol. The minimum absolute atomic E-state index is 0.259. The second-order valence-electron chi connectivity index (χ2n) is 6.97. The number of nitrogens with two attached hydrogens (primary N) is 1. The maximum absolute atomic E-state index is 6.20. The van der Waals surface area contributed by atoms with Crippen LogP contribution < -0.4 is 5.73 Å². The first-order chi connectivity index (χ1) is 9.11. The summed E-state index contributed by atoms with van der Waals surface area (Å²) in [6, 6.07) is 0.679. The number of likely N-dealkylation sites (tertiary alicyclic amines) is 2. The Morgan fingerprint density at radius 2 is 2.05 bits per heavy atom. The van der Waals surface area contributed by atoms with Crippen molar-refractivity contribution in [3.8, 4) is 0 Å². The molecule has 0 spiro atoms. The lowest BCUT2D eigenvalue weighted by Gasteiger charge is -2.40. The molecule has 2 aliphatic rings. The van der Waals surface area contributed by atoms with Crippen molar-refractivity contribution >= 4 is 0 Å². The molecule has 2 fully saturated rings. The first-order valence-electron chi connectivity index (χ1n) is 8.26. The molecule has 0 aromatic heterocycles. The van der Waals surface area contributed by atoms with Gasteiger partial charge in [-0.2, -0.15) is 0 Å². The van der Waals surface area contributed by atoms with Crippen LogP contribution in [0.2, 0.25) is 0 Å². The minimum Gasteiger partial charge on any atom is -0.329 e. The molecule has 0 aliphatic carbocycles. The van der Waals surface area contributed by atoms with Crippen LogP contribution >= 0.6 is 0 Å². The molecular weight excluding hydrogens is 234 g/mol. The second kappa shape index (κ2) is 6.55. The van der Waals surface area contributed by atoms with E-state index in [-0.39, 0.29) is 5.54 Å². The Bertz CT molecular complexity index is 269. The van der Waals surface area contributed by atoms with Gasteiger partial charge in [0.2, 0.25) is 0 Å². The van der Waals surface area contributed by atoms with Crippen LogP contribution in [0.3, 0.4) is 0 Å². The minimum atomic E-state index is 0.259. The fourth-order valence-electron chi connectivity index (χ4n) is 4.23. The average Bonchev–Trinajstić information content (AvgIpc) is 2.57. The normalized spacial score (nSPS) is 38.5. The Labute approximate surface area is 119 Å². The largest absolute Gasteiger partial charge is 0.329 e. The smallest absolute Gasteiger partial charge is 0.0473 e. The van der Waals surface area contributed by atoms with Gasteiger partial charge in [0.15, 0.2) is 0 Å². The van der Waals surface area contributed by atoms with Crippen molar-refractivity contribution in [2.45, 2.75) is 64.0 Å². The molecule has 112 valence electrons. The van der Waals surface area contributed by atoms with Crippen LogP contribution in [0, 0.1) is 5.92 Å². The van der Waals surface area contributed by atoms with E-state index in [1.807, 2.05) is 0 Å². The predicted molar refractivity (Wildman–Crippen MR) is 82.3 cm³/mol. The topological polar surface area (TPSA) is 32.5 Å². The van der Waals surface area contributed by atoms with E-state index >= 15 is 0 Å². The van der Waals surface area contributed by atoms with Crippen molar-refractivity contribution in [2.75, 3.05) is 33.2 Å². The maximum atomic E-state index is 6.20. The zero-order valence-corrected chi connectivity index (χ0v) is 13.2. The van der Waals surface area contributed by atoms with Crippen LogP contribution in [0.15, 0.2) is 0 Å². The first kappa shape index (κ1) is 15.3. The molecule has 2 saturated heterocycles. The second-order valence-corrected chi connectivity index (χ2v) is 6.97. The fourth-order valence-corrected chi connectivity index (χ4v) is 4.23. The van der Waals surface area contributed by atoms with Gasteiger partial charge in [0, 0.05) is 24.7 Å². The van der Waals surface area contributed by atoms with E-state index in [1.165, 1.54) is 51.6 Å². The number of hydrogen-bond donors (Lipinski definition) is 1.